The Morgan fingerprint density at radius 1 is 1.25 bits per heavy atom. The van der Waals surface area contributed by atoms with Crippen molar-refractivity contribution in [2.45, 2.75) is 0 Å². The quantitative estimate of drug-likeness (QED) is 0.581. The zero-order chi connectivity index (χ0) is 4.24. The number of hydrogen-bond donors (Lipinski definition) is 1. The van der Waals surface area contributed by atoms with Crippen LogP contribution in [0.15, 0.2) is 24.6 Å². The van der Waals surface area contributed by atoms with Crippen LogP contribution in [-0.2, 0) is 41.4 Å². The van der Waals surface area contributed by atoms with E-state index in [1.54, 1.807) is 18.5 Å². The summed E-state index contributed by atoms with van der Waals surface area (Å²) in [5.74, 6) is 0. The summed E-state index contributed by atoms with van der Waals surface area (Å²) < 4.78 is 0. The maximum absolute atomic E-state index is 4.55. The molecular formula is C4H5MnNOZn. The van der Waals surface area contributed by atoms with Gasteiger partial charge < -0.3 is 4.84 Å². The van der Waals surface area contributed by atoms with E-state index in [2.05, 4.69) is 10.3 Å². The van der Waals surface area contributed by atoms with Gasteiger partial charge in [0, 0.05) is 42.7 Å². The zero-order valence-electron chi connectivity index (χ0n) is 4.30. The largest absolute Gasteiger partial charge is 0.391 e. The van der Waals surface area contributed by atoms with Crippen molar-refractivity contribution in [2.75, 3.05) is 0 Å². The fraction of sp³-hybridized carbons (Fsp3) is 0. The predicted octanol–water partition coefficient (Wildman–Crippen LogP) is 0.544. The number of rotatable bonds is 0. The van der Waals surface area contributed by atoms with E-state index in [0.29, 0.717) is 0 Å². The van der Waals surface area contributed by atoms with Gasteiger partial charge >= 0.3 is 0 Å². The van der Waals surface area contributed by atoms with Gasteiger partial charge in [-0.25, -0.2) is 5.48 Å². The van der Waals surface area contributed by atoms with Gasteiger partial charge in [0.15, 0.2) is 0 Å². The third kappa shape index (κ3) is 4.38. The number of hydrogen-bond acceptors (Lipinski definition) is 2. The third-order valence-electron chi connectivity index (χ3n) is 0.490. The molecule has 1 heterocycles. The first-order valence-corrected chi connectivity index (χ1v) is 1.73. The van der Waals surface area contributed by atoms with Crippen LogP contribution in [0.1, 0.15) is 0 Å². The van der Waals surface area contributed by atoms with Crippen molar-refractivity contribution in [1.29, 1.82) is 0 Å². The van der Waals surface area contributed by atoms with Gasteiger partial charge in [0.1, 0.15) is 6.26 Å². The van der Waals surface area contributed by atoms with Crippen molar-refractivity contribution in [1.82, 2.24) is 5.48 Å². The second-order valence-corrected chi connectivity index (χ2v) is 0.923. The van der Waals surface area contributed by atoms with Crippen LogP contribution >= 0.6 is 0 Å². The van der Waals surface area contributed by atoms with Crippen molar-refractivity contribution in [3.8, 4) is 0 Å². The normalized spacial score (nSPS) is 12.0. The van der Waals surface area contributed by atoms with Crippen molar-refractivity contribution >= 4 is 0 Å². The molecule has 0 aliphatic carbocycles. The van der Waals surface area contributed by atoms with Crippen LogP contribution in [0.3, 0.4) is 0 Å². The third-order valence-corrected chi connectivity index (χ3v) is 0.490. The Hall–Kier alpha value is 0.223. The minimum atomic E-state index is 0. The monoisotopic (exact) mass is 202 g/mol. The van der Waals surface area contributed by atoms with E-state index in [4.69, 9.17) is 0 Å². The first-order chi connectivity index (χ1) is 3.00. The fourth-order valence-corrected chi connectivity index (χ4v) is 0.258. The van der Waals surface area contributed by atoms with E-state index in [1.165, 1.54) is 0 Å². The Balaban J connectivity index is 0. The Morgan fingerprint density at radius 3 is 2.12 bits per heavy atom. The van der Waals surface area contributed by atoms with Crippen LogP contribution in [0.25, 0.3) is 0 Å². The van der Waals surface area contributed by atoms with Crippen molar-refractivity contribution in [3.05, 3.63) is 24.6 Å². The first-order valence-electron chi connectivity index (χ1n) is 1.73. The summed E-state index contributed by atoms with van der Waals surface area (Å²) in [5, 5.41) is 0. The molecule has 41 valence electrons. The molecule has 1 radical (unpaired) electrons. The molecule has 0 aromatic heterocycles. The summed E-state index contributed by atoms with van der Waals surface area (Å²) >= 11 is 0. The van der Waals surface area contributed by atoms with Gasteiger partial charge in [-0.3, -0.25) is 0 Å². The summed E-state index contributed by atoms with van der Waals surface area (Å²) in [7, 11) is 0. The molecule has 0 spiro atoms. The van der Waals surface area contributed by atoms with Gasteiger partial charge in [0.2, 0.25) is 0 Å². The zero-order valence-corrected chi connectivity index (χ0v) is 8.45. The van der Waals surface area contributed by atoms with Crippen LogP contribution in [0.4, 0.5) is 0 Å². The van der Waals surface area contributed by atoms with Crippen molar-refractivity contribution < 1.29 is 41.4 Å². The van der Waals surface area contributed by atoms with Gasteiger partial charge in [0.05, 0.1) is 0 Å². The van der Waals surface area contributed by atoms with Crippen LogP contribution < -0.4 is 5.48 Å². The standard InChI is InChI=1S/C4H5NO.Mn.Zn/c1-2-4-6-5-3-1;;/h1-5H;;. The van der Waals surface area contributed by atoms with E-state index in [0.717, 1.165) is 0 Å². The minimum Gasteiger partial charge on any atom is -0.391 e. The van der Waals surface area contributed by atoms with Gasteiger partial charge in [0.25, 0.3) is 0 Å². The van der Waals surface area contributed by atoms with E-state index < -0.39 is 0 Å². The average Bonchev–Trinajstić information content (AvgIpc) is 1.72. The van der Waals surface area contributed by atoms with Gasteiger partial charge in [-0.2, -0.15) is 0 Å². The molecule has 0 amide bonds. The molecule has 8 heavy (non-hydrogen) atoms. The predicted molar refractivity (Wildman–Crippen MR) is 22.5 cm³/mol. The molecule has 1 aliphatic rings. The second kappa shape index (κ2) is 7.22. The van der Waals surface area contributed by atoms with Crippen LogP contribution in [-0.4, -0.2) is 0 Å². The Kier molecular flexibility index (Phi) is 10.0. The molecule has 0 unspecified atom stereocenters. The summed E-state index contributed by atoms with van der Waals surface area (Å²) in [4.78, 5) is 4.55. The number of hydroxylamine groups is 1. The molecule has 0 atom stereocenters. The molecule has 0 aromatic rings. The molecule has 1 N–H and O–H groups in total. The van der Waals surface area contributed by atoms with Gasteiger partial charge in [-0.05, 0) is 12.2 Å². The molecule has 1 rings (SSSR count). The van der Waals surface area contributed by atoms with E-state index >= 15 is 0 Å². The Morgan fingerprint density at radius 2 is 2.00 bits per heavy atom. The van der Waals surface area contributed by atoms with E-state index in [9.17, 15) is 0 Å². The minimum absolute atomic E-state index is 0. The molecule has 4 heteroatoms. The van der Waals surface area contributed by atoms with Crippen molar-refractivity contribution in [3.63, 3.8) is 0 Å². The molecule has 1 aliphatic heterocycles. The van der Waals surface area contributed by atoms with Gasteiger partial charge in [-0.15, -0.1) is 0 Å². The number of allylic oxidation sites excluding steroid dienone is 2. The van der Waals surface area contributed by atoms with E-state index in [-0.39, 0.29) is 36.5 Å². The summed E-state index contributed by atoms with van der Waals surface area (Å²) in [6.07, 6.45) is 6.93. The molecule has 0 saturated carbocycles. The van der Waals surface area contributed by atoms with Gasteiger partial charge in [-0.1, -0.05) is 0 Å². The topological polar surface area (TPSA) is 21.3 Å². The summed E-state index contributed by atoms with van der Waals surface area (Å²) in [6.45, 7) is 0. The second-order valence-electron chi connectivity index (χ2n) is 0.923. The molecule has 0 saturated heterocycles. The smallest absolute Gasteiger partial charge is 0.119 e. The SMILES string of the molecule is C1=CNOC=C1.[Mn].[Zn]. The van der Waals surface area contributed by atoms with Crippen LogP contribution in [0, 0.1) is 0 Å². The molecule has 2 nitrogen and oxygen atoms in total. The maximum atomic E-state index is 4.55. The van der Waals surface area contributed by atoms with Crippen LogP contribution in [0.5, 0.6) is 0 Å². The average molecular weight is 203 g/mol. The van der Waals surface area contributed by atoms with Crippen LogP contribution in [0.2, 0.25) is 0 Å². The van der Waals surface area contributed by atoms with E-state index in [1.807, 2.05) is 6.08 Å². The summed E-state index contributed by atoms with van der Waals surface area (Å²) in [5.41, 5.74) is 2.52. The maximum Gasteiger partial charge on any atom is 0.119 e. The molecule has 0 fully saturated rings. The molecule has 0 bridgehead atoms. The van der Waals surface area contributed by atoms with Crippen molar-refractivity contribution in [2.24, 2.45) is 0 Å². The summed E-state index contributed by atoms with van der Waals surface area (Å²) in [6, 6.07) is 0. The Labute approximate surface area is 71.5 Å². The molecule has 0 aromatic carbocycles. The number of nitrogens with one attached hydrogen (secondary N) is 1. The first kappa shape index (κ1) is 11.1. The Bertz CT molecular complexity index is 82.0. The fourth-order valence-electron chi connectivity index (χ4n) is 0.258. The molecular weight excluding hydrogens is 198 g/mol.